The van der Waals surface area contributed by atoms with Crippen molar-refractivity contribution in [2.24, 2.45) is 0 Å². The molecule has 22 heavy (non-hydrogen) atoms. The summed E-state index contributed by atoms with van der Waals surface area (Å²) >= 11 is 0. The molecule has 0 aliphatic carbocycles. The third kappa shape index (κ3) is 2.70. The van der Waals surface area contributed by atoms with E-state index in [1.807, 2.05) is 0 Å². The molecule has 2 aromatic carbocycles. The third-order valence-corrected chi connectivity index (χ3v) is 4.83. The highest BCUT2D eigenvalue weighted by Gasteiger charge is 2.25. The van der Waals surface area contributed by atoms with Crippen LogP contribution in [0.3, 0.4) is 0 Å². The van der Waals surface area contributed by atoms with E-state index in [9.17, 15) is 0 Å². The molecule has 0 spiro atoms. The lowest BCUT2D eigenvalue weighted by Gasteiger charge is -2.16. The number of hydrogen-bond acceptors (Lipinski definition) is 2. The first kappa shape index (κ1) is 15.0. The van der Waals surface area contributed by atoms with Crippen molar-refractivity contribution in [2.45, 2.75) is 45.6 Å². The van der Waals surface area contributed by atoms with Crippen LogP contribution in [0, 0.1) is 6.92 Å². The number of rotatable bonds is 4. The Kier molecular flexibility index (Phi) is 4.10. The Morgan fingerprint density at radius 3 is 2.77 bits per heavy atom. The highest BCUT2D eigenvalue weighted by molar-refractivity contribution is 5.61. The second kappa shape index (κ2) is 6.04. The first-order valence-electron chi connectivity index (χ1n) is 8.16. The number of benzene rings is 2. The second-order valence-electron chi connectivity index (χ2n) is 6.37. The summed E-state index contributed by atoms with van der Waals surface area (Å²) in [4.78, 5) is 0. The molecule has 1 aliphatic rings. The van der Waals surface area contributed by atoms with Crippen molar-refractivity contribution >= 4 is 5.69 Å². The second-order valence-corrected chi connectivity index (χ2v) is 6.37. The summed E-state index contributed by atoms with van der Waals surface area (Å²) in [6, 6.07) is 13.6. The van der Waals surface area contributed by atoms with E-state index < -0.39 is 0 Å². The van der Waals surface area contributed by atoms with Crippen molar-refractivity contribution in [3.05, 3.63) is 58.7 Å². The smallest absolute Gasteiger partial charge is 0.124 e. The van der Waals surface area contributed by atoms with Crippen LogP contribution < -0.4 is 10.1 Å². The Bertz CT molecular complexity index is 677. The van der Waals surface area contributed by atoms with Gasteiger partial charge in [0, 0.05) is 11.3 Å². The highest BCUT2D eigenvalue weighted by atomic mass is 16.5. The van der Waals surface area contributed by atoms with E-state index in [1.165, 1.54) is 34.4 Å². The van der Waals surface area contributed by atoms with Crippen molar-refractivity contribution in [3.8, 4) is 5.75 Å². The summed E-state index contributed by atoms with van der Waals surface area (Å²) in [7, 11) is 1.75. The molecule has 1 aliphatic heterocycles. The van der Waals surface area contributed by atoms with Gasteiger partial charge in [-0.05, 0) is 48.9 Å². The Balaban J connectivity index is 1.90. The zero-order valence-corrected chi connectivity index (χ0v) is 13.9. The number of hydrogen-bond donors (Lipinski definition) is 1. The van der Waals surface area contributed by atoms with Gasteiger partial charge in [-0.3, -0.25) is 0 Å². The largest absolute Gasteiger partial charge is 0.496 e. The average Bonchev–Trinajstić information content (AvgIpc) is 2.96. The third-order valence-electron chi connectivity index (χ3n) is 4.83. The molecule has 2 unspecified atom stereocenters. The summed E-state index contributed by atoms with van der Waals surface area (Å²) in [6.07, 6.45) is 2.21. The van der Waals surface area contributed by atoms with Crippen molar-refractivity contribution in [2.75, 3.05) is 12.4 Å². The molecule has 0 saturated carbocycles. The topological polar surface area (TPSA) is 21.3 Å². The van der Waals surface area contributed by atoms with Crippen molar-refractivity contribution in [1.82, 2.24) is 0 Å². The predicted molar refractivity (Wildman–Crippen MR) is 92.9 cm³/mol. The predicted octanol–water partition coefficient (Wildman–Crippen LogP) is 5.23. The maximum atomic E-state index is 5.55. The Morgan fingerprint density at radius 2 is 2.05 bits per heavy atom. The lowest BCUT2D eigenvalue weighted by Crippen LogP contribution is -2.07. The summed E-state index contributed by atoms with van der Waals surface area (Å²) < 4.78 is 5.55. The highest BCUT2D eigenvalue weighted by Crippen LogP contribution is 2.39. The van der Waals surface area contributed by atoms with Gasteiger partial charge >= 0.3 is 0 Å². The fraction of sp³-hybridized carbons (Fsp3) is 0.400. The fourth-order valence-electron chi connectivity index (χ4n) is 3.24. The van der Waals surface area contributed by atoms with E-state index in [0.29, 0.717) is 12.0 Å². The minimum atomic E-state index is 0.303. The van der Waals surface area contributed by atoms with Gasteiger partial charge in [-0.15, -0.1) is 0 Å². The SMILES string of the molecule is CCC(C)c1ccc2c(c1)CC(c1cc(C)ccc1OC)N2. The number of anilines is 1. The molecule has 0 amide bonds. The number of aryl methyl sites for hydroxylation is 1. The van der Waals surface area contributed by atoms with Gasteiger partial charge in [0.1, 0.15) is 5.75 Å². The summed E-state index contributed by atoms with van der Waals surface area (Å²) in [5.74, 6) is 1.59. The van der Waals surface area contributed by atoms with Crippen molar-refractivity contribution in [1.29, 1.82) is 0 Å². The molecule has 1 N–H and O–H groups in total. The molecule has 0 fully saturated rings. The van der Waals surface area contributed by atoms with Crippen LogP contribution in [0.4, 0.5) is 5.69 Å². The molecule has 2 nitrogen and oxygen atoms in total. The molecular formula is C20H25NO. The maximum absolute atomic E-state index is 5.55. The van der Waals surface area contributed by atoms with Gasteiger partial charge in [0.15, 0.2) is 0 Å². The molecule has 2 heteroatoms. The van der Waals surface area contributed by atoms with E-state index in [4.69, 9.17) is 4.74 Å². The zero-order valence-electron chi connectivity index (χ0n) is 13.9. The van der Waals surface area contributed by atoms with E-state index in [0.717, 1.165) is 12.2 Å². The standard InChI is InChI=1S/C20H25NO/c1-5-14(3)15-7-8-18-16(11-15)12-19(21-18)17-10-13(2)6-9-20(17)22-4/h6-11,14,19,21H,5,12H2,1-4H3. The van der Waals surface area contributed by atoms with Crippen LogP contribution >= 0.6 is 0 Å². The summed E-state index contributed by atoms with van der Waals surface area (Å²) in [6.45, 7) is 6.67. The first-order valence-corrected chi connectivity index (χ1v) is 8.16. The van der Waals surface area contributed by atoms with Gasteiger partial charge in [0.25, 0.3) is 0 Å². The van der Waals surface area contributed by atoms with Gasteiger partial charge in [0.05, 0.1) is 13.2 Å². The average molecular weight is 295 g/mol. The molecular weight excluding hydrogens is 270 g/mol. The molecule has 3 rings (SSSR count). The van der Waals surface area contributed by atoms with E-state index in [-0.39, 0.29) is 0 Å². The quantitative estimate of drug-likeness (QED) is 0.834. The van der Waals surface area contributed by atoms with Crippen LogP contribution in [-0.4, -0.2) is 7.11 Å². The Hall–Kier alpha value is -1.96. The van der Waals surface area contributed by atoms with Crippen LogP contribution in [0.1, 0.15) is 54.5 Å². The van der Waals surface area contributed by atoms with Gasteiger partial charge in [-0.1, -0.05) is 43.7 Å². The van der Waals surface area contributed by atoms with Gasteiger partial charge in [0.2, 0.25) is 0 Å². The lowest BCUT2D eigenvalue weighted by atomic mass is 9.94. The first-order chi connectivity index (χ1) is 10.6. The van der Waals surface area contributed by atoms with Crippen molar-refractivity contribution < 1.29 is 4.74 Å². The molecule has 1 heterocycles. The normalized spacial score (nSPS) is 17.7. The Labute approximate surface area is 133 Å². The molecule has 0 aromatic heterocycles. The number of ether oxygens (including phenoxy) is 1. The molecule has 2 atom stereocenters. The van der Waals surface area contributed by atoms with Gasteiger partial charge in [-0.2, -0.15) is 0 Å². The maximum Gasteiger partial charge on any atom is 0.124 e. The van der Waals surface area contributed by atoms with Crippen LogP contribution in [-0.2, 0) is 6.42 Å². The monoisotopic (exact) mass is 295 g/mol. The number of nitrogens with one attached hydrogen (secondary N) is 1. The summed E-state index contributed by atoms with van der Waals surface area (Å²) in [5.41, 5.74) is 6.66. The van der Waals surface area contributed by atoms with Crippen LogP contribution in [0.2, 0.25) is 0 Å². The van der Waals surface area contributed by atoms with Crippen molar-refractivity contribution in [3.63, 3.8) is 0 Å². The lowest BCUT2D eigenvalue weighted by molar-refractivity contribution is 0.407. The molecule has 0 bridgehead atoms. The van der Waals surface area contributed by atoms with Crippen LogP contribution in [0.15, 0.2) is 36.4 Å². The minimum Gasteiger partial charge on any atom is -0.496 e. The molecule has 0 saturated heterocycles. The molecule has 2 aromatic rings. The number of methoxy groups -OCH3 is 1. The summed E-state index contributed by atoms with van der Waals surface area (Å²) in [5, 5.41) is 3.66. The number of fused-ring (bicyclic) bond motifs is 1. The zero-order chi connectivity index (χ0) is 15.7. The van der Waals surface area contributed by atoms with E-state index >= 15 is 0 Å². The van der Waals surface area contributed by atoms with Crippen LogP contribution in [0.25, 0.3) is 0 Å². The van der Waals surface area contributed by atoms with Gasteiger partial charge < -0.3 is 10.1 Å². The minimum absolute atomic E-state index is 0.303. The van der Waals surface area contributed by atoms with E-state index in [2.05, 4.69) is 62.5 Å². The Morgan fingerprint density at radius 1 is 1.23 bits per heavy atom. The molecule has 116 valence electrons. The fourth-order valence-corrected chi connectivity index (χ4v) is 3.24. The van der Waals surface area contributed by atoms with Crippen LogP contribution in [0.5, 0.6) is 5.75 Å². The molecule has 0 radical (unpaired) electrons. The van der Waals surface area contributed by atoms with E-state index in [1.54, 1.807) is 7.11 Å². The van der Waals surface area contributed by atoms with Gasteiger partial charge in [-0.25, -0.2) is 0 Å².